The van der Waals surface area contributed by atoms with E-state index < -0.39 is 0 Å². The molecule has 0 fully saturated rings. The van der Waals surface area contributed by atoms with Crippen molar-refractivity contribution in [2.24, 2.45) is 0 Å². The maximum Gasteiger partial charge on any atom is 0.0328 e. The van der Waals surface area contributed by atoms with E-state index in [0.29, 0.717) is 6.04 Å². The van der Waals surface area contributed by atoms with E-state index in [9.17, 15) is 0 Å². The van der Waals surface area contributed by atoms with Crippen LogP contribution in [0.25, 0.3) is 0 Å². The molecule has 1 atom stereocenters. The summed E-state index contributed by atoms with van der Waals surface area (Å²) in [6.45, 7) is 10.9. The highest BCUT2D eigenvalue weighted by atomic mass is 32.2. The lowest BCUT2D eigenvalue weighted by atomic mass is 10.1. The summed E-state index contributed by atoms with van der Waals surface area (Å²) in [5, 5.41) is 3.54. The van der Waals surface area contributed by atoms with Gasteiger partial charge in [0.25, 0.3) is 0 Å². The van der Waals surface area contributed by atoms with E-state index in [1.54, 1.807) is 0 Å². The molecule has 4 heteroatoms. The number of thiophene rings is 1. The molecule has 0 saturated heterocycles. The fourth-order valence-corrected chi connectivity index (χ4v) is 3.48. The first-order chi connectivity index (χ1) is 8.81. The Kier molecular flexibility index (Phi) is 6.87. The van der Waals surface area contributed by atoms with Gasteiger partial charge in [0.1, 0.15) is 0 Å². The van der Waals surface area contributed by atoms with Gasteiger partial charge in [0.2, 0.25) is 0 Å². The van der Waals surface area contributed by atoms with Gasteiger partial charge in [-0.25, -0.2) is 0 Å². The monoisotopic (exact) mass is 300 g/mol. The van der Waals surface area contributed by atoms with Crippen molar-refractivity contribution in [3.63, 3.8) is 0 Å². The number of nitrogens with zero attached hydrogens (tertiary/aromatic N) is 1. The van der Waals surface area contributed by atoms with Gasteiger partial charge in [-0.2, -0.15) is 11.8 Å². The molecule has 0 spiro atoms. The van der Waals surface area contributed by atoms with E-state index in [1.165, 1.54) is 15.5 Å². The van der Waals surface area contributed by atoms with Gasteiger partial charge in [-0.1, -0.05) is 0 Å². The zero-order chi connectivity index (χ0) is 14.5. The topological polar surface area (TPSA) is 15.3 Å². The predicted octanol–water partition coefficient (Wildman–Crippen LogP) is 3.82. The Morgan fingerprint density at radius 2 is 1.95 bits per heavy atom. The molecule has 0 amide bonds. The molecule has 1 unspecified atom stereocenters. The van der Waals surface area contributed by atoms with Crippen LogP contribution in [-0.4, -0.2) is 35.5 Å². The van der Waals surface area contributed by atoms with Crippen LogP contribution in [0, 0.1) is 0 Å². The third-order valence-corrected chi connectivity index (χ3v) is 4.96. The molecular weight excluding hydrogens is 272 g/mol. The van der Waals surface area contributed by atoms with Gasteiger partial charge < -0.3 is 5.32 Å². The van der Waals surface area contributed by atoms with Crippen LogP contribution in [-0.2, 0) is 13.1 Å². The van der Waals surface area contributed by atoms with E-state index >= 15 is 0 Å². The number of rotatable bonds is 7. The second kappa shape index (κ2) is 7.67. The molecule has 1 heterocycles. The number of hydrogen-bond acceptors (Lipinski definition) is 4. The standard InChI is InChI=1S/C15H28N2S2/c1-12(11-18-6)17(5)10-14-8-7-13(19-14)9-16-15(2,3)4/h7-8,12,16H,9-11H2,1-6H3. The van der Waals surface area contributed by atoms with Gasteiger partial charge in [0.15, 0.2) is 0 Å². The molecule has 110 valence electrons. The second-order valence-corrected chi connectivity index (χ2v) is 8.35. The smallest absolute Gasteiger partial charge is 0.0328 e. The molecule has 2 nitrogen and oxygen atoms in total. The Hall–Kier alpha value is -0.0300. The Bertz CT molecular complexity index is 368. The molecule has 1 aromatic heterocycles. The van der Waals surface area contributed by atoms with Crippen LogP contribution in [0.15, 0.2) is 12.1 Å². The Morgan fingerprint density at radius 1 is 1.32 bits per heavy atom. The van der Waals surface area contributed by atoms with Crippen LogP contribution in [0.3, 0.4) is 0 Å². The summed E-state index contributed by atoms with van der Waals surface area (Å²) >= 11 is 3.84. The van der Waals surface area contributed by atoms with E-state index in [1.807, 2.05) is 23.1 Å². The highest BCUT2D eigenvalue weighted by molar-refractivity contribution is 7.98. The first-order valence-corrected chi connectivity index (χ1v) is 9.04. The first-order valence-electron chi connectivity index (χ1n) is 6.83. The minimum absolute atomic E-state index is 0.188. The van der Waals surface area contributed by atoms with E-state index in [4.69, 9.17) is 0 Å². The Morgan fingerprint density at radius 3 is 2.53 bits per heavy atom. The normalized spacial score (nSPS) is 14.1. The lowest BCUT2D eigenvalue weighted by Crippen LogP contribution is -2.34. The second-order valence-electron chi connectivity index (χ2n) is 6.19. The summed E-state index contributed by atoms with van der Waals surface area (Å²) in [6.07, 6.45) is 2.17. The van der Waals surface area contributed by atoms with Gasteiger partial charge >= 0.3 is 0 Å². The molecule has 1 rings (SSSR count). The van der Waals surface area contributed by atoms with Gasteiger partial charge in [-0.05, 0) is 53.1 Å². The van der Waals surface area contributed by atoms with Crippen molar-refractivity contribution in [3.05, 3.63) is 21.9 Å². The van der Waals surface area contributed by atoms with Crippen molar-refractivity contribution >= 4 is 23.1 Å². The molecule has 0 aliphatic carbocycles. The van der Waals surface area contributed by atoms with E-state index in [0.717, 1.165) is 13.1 Å². The molecule has 0 radical (unpaired) electrons. The fourth-order valence-electron chi connectivity index (χ4n) is 1.72. The first kappa shape index (κ1) is 17.0. The molecule has 0 aliphatic rings. The zero-order valence-corrected chi connectivity index (χ0v) is 14.8. The SMILES string of the molecule is CSCC(C)N(C)Cc1ccc(CNC(C)(C)C)s1. The van der Waals surface area contributed by atoms with Gasteiger partial charge in [0.05, 0.1) is 0 Å². The van der Waals surface area contributed by atoms with Crippen LogP contribution in [0.5, 0.6) is 0 Å². The highest BCUT2D eigenvalue weighted by Crippen LogP contribution is 2.20. The molecule has 0 bridgehead atoms. The average molecular weight is 301 g/mol. The van der Waals surface area contributed by atoms with Crippen molar-refractivity contribution in [1.82, 2.24) is 10.2 Å². The largest absolute Gasteiger partial charge is 0.307 e. The van der Waals surface area contributed by atoms with Crippen LogP contribution in [0.4, 0.5) is 0 Å². The molecule has 0 aliphatic heterocycles. The van der Waals surface area contributed by atoms with Crippen molar-refractivity contribution in [3.8, 4) is 0 Å². The van der Waals surface area contributed by atoms with Crippen LogP contribution in [0.2, 0.25) is 0 Å². The summed E-state index contributed by atoms with van der Waals surface area (Å²) in [4.78, 5) is 5.32. The van der Waals surface area contributed by atoms with Gasteiger partial charge in [-0.15, -0.1) is 11.3 Å². The molecule has 1 N–H and O–H groups in total. The maximum absolute atomic E-state index is 3.54. The lowest BCUT2D eigenvalue weighted by Gasteiger charge is -2.23. The quantitative estimate of drug-likeness (QED) is 0.824. The van der Waals surface area contributed by atoms with Crippen molar-refractivity contribution in [2.75, 3.05) is 19.1 Å². The average Bonchev–Trinajstić information content (AvgIpc) is 2.73. The third kappa shape index (κ3) is 6.80. The summed E-state index contributed by atoms with van der Waals surface area (Å²) in [5.74, 6) is 1.19. The molecule has 1 aromatic rings. The minimum Gasteiger partial charge on any atom is -0.307 e. The van der Waals surface area contributed by atoms with Crippen LogP contribution >= 0.6 is 23.1 Å². The van der Waals surface area contributed by atoms with Gasteiger partial charge in [-0.3, -0.25) is 4.90 Å². The summed E-state index contributed by atoms with van der Waals surface area (Å²) in [6, 6.07) is 5.16. The van der Waals surface area contributed by atoms with Crippen LogP contribution in [0.1, 0.15) is 37.4 Å². The summed E-state index contributed by atoms with van der Waals surface area (Å²) in [7, 11) is 2.22. The maximum atomic E-state index is 3.54. The third-order valence-electron chi connectivity index (χ3n) is 3.08. The Labute approximate surface area is 127 Å². The molecule has 0 aromatic carbocycles. The minimum atomic E-state index is 0.188. The molecule has 19 heavy (non-hydrogen) atoms. The predicted molar refractivity (Wildman–Crippen MR) is 90.2 cm³/mol. The fraction of sp³-hybridized carbons (Fsp3) is 0.733. The summed E-state index contributed by atoms with van der Waals surface area (Å²) < 4.78 is 0. The van der Waals surface area contributed by atoms with Crippen LogP contribution < -0.4 is 5.32 Å². The number of nitrogens with one attached hydrogen (secondary N) is 1. The number of hydrogen-bond donors (Lipinski definition) is 1. The van der Waals surface area contributed by atoms with E-state index in [-0.39, 0.29) is 5.54 Å². The Balaban J connectivity index is 2.46. The number of thioether (sulfide) groups is 1. The van der Waals surface area contributed by atoms with Crippen molar-refractivity contribution < 1.29 is 0 Å². The molecule has 0 saturated carbocycles. The highest BCUT2D eigenvalue weighted by Gasteiger charge is 2.12. The van der Waals surface area contributed by atoms with Crippen molar-refractivity contribution in [1.29, 1.82) is 0 Å². The summed E-state index contributed by atoms with van der Waals surface area (Å²) in [5.41, 5.74) is 0.188. The van der Waals surface area contributed by atoms with Crippen molar-refractivity contribution in [2.45, 2.75) is 52.4 Å². The molecular formula is C15H28N2S2. The lowest BCUT2D eigenvalue weighted by molar-refractivity contribution is 0.272. The zero-order valence-electron chi connectivity index (χ0n) is 13.1. The van der Waals surface area contributed by atoms with E-state index in [2.05, 4.69) is 63.3 Å². The van der Waals surface area contributed by atoms with Gasteiger partial charge in [0, 0.05) is 40.2 Å².